The maximum Gasteiger partial charge on any atom is -0.00201 e. The van der Waals surface area contributed by atoms with Gasteiger partial charge in [-0.25, -0.2) is 0 Å². The first-order valence-electron chi connectivity index (χ1n) is 14.9. The zero-order valence-electron chi connectivity index (χ0n) is 24.3. The first-order valence-corrected chi connectivity index (χ1v) is 14.9. The third-order valence-electron chi connectivity index (χ3n) is 8.36. The van der Waals surface area contributed by atoms with Crippen LogP contribution in [0.25, 0.3) is 71.3 Å². The first-order chi connectivity index (χ1) is 21.3. The fourth-order valence-corrected chi connectivity index (χ4v) is 6.52. The van der Waals surface area contributed by atoms with Gasteiger partial charge < -0.3 is 0 Å². The van der Waals surface area contributed by atoms with Crippen molar-refractivity contribution in [3.8, 4) is 33.4 Å². The Labute approximate surface area is 253 Å². The van der Waals surface area contributed by atoms with Crippen molar-refractivity contribution in [1.82, 2.24) is 0 Å². The van der Waals surface area contributed by atoms with Gasteiger partial charge in [0.1, 0.15) is 0 Å². The quantitative estimate of drug-likeness (QED) is 0.143. The lowest BCUT2D eigenvalue weighted by Gasteiger charge is -2.20. The molecule has 0 aromatic heterocycles. The molecule has 204 valence electrons. The predicted octanol–water partition coefficient (Wildman–Crippen LogP) is 12.3. The van der Waals surface area contributed by atoms with Crippen LogP contribution in [0.3, 0.4) is 0 Å². The minimum atomic E-state index is 1.15. The molecule has 0 nitrogen and oxygen atoms in total. The van der Waals surface area contributed by atoms with Crippen molar-refractivity contribution in [1.29, 1.82) is 0 Å². The van der Waals surface area contributed by atoms with E-state index < -0.39 is 0 Å². The minimum absolute atomic E-state index is 1.15. The highest BCUT2D eigenvalue weighted by atomic mass is 14.2. The Kier molecular flexibility index (Phi) is 7.03. The predicted molar refractivity (Wildman–Crippen MR) is 188 cm³/mol. The van der Waals surface area contributed by atoms with E-state index in [4.69, 9.17) is 0 Å². The molecule has 0 aliphatic rings. The molecule has 0 saturated heterocycles. The summed E-state index contributed by atoms with van der Waals surface area (Å²) in [7, 11) is 0. The molecule has 0 fully saturated rings. The van der Waals surface area contributed by atoms with Crippen LogP contribution in [-0.4, -0.2) is 0 Å². The normalized spacial score (nSPS) is 12.0. The monoisotopic (exact) mass is 548 g/mol. The van der Waals surface area contributed by atoms with Gasteiger partial charge in [-0.05, 0) is 83.8 Å². The Bertz CT molecular complexity index is 2130. The maximum atomic E-state index is 3.99. The smallest absolute Gasteiger partial charge is 0.00201 e. The highest BCUT2D eigenvalue weighted by Gasteiger charge is 2.19. The number of benzene rings is 7. The zero-order valence-corrected chi connectivity index (χ0v) is 24.3. The highest BCUT2D eigenvalue weighted by molar-refractivity contribution is 6.22. The van der Waals surface area contributed by atoms with Gasteiger partial charge in [-0.3, -0.25) is 0 Å². The Morgan fingerprint density at radius 3 is 1.65 bits per heavy atom. The molecule has 0 aliphatic carbocycles. The summed E-state index contributed by atoms with van der Waals surface area (Å²) < 4.78 is 0. The van der Waals surface area contributed by atoms with Crippen molar-refractivity contribution in [3.05, 3.63) is 176 Å². The van der Waals surface area contributed by atoms with E-state index in [0.29, 0.717) is 0 Å². The number of hydrogen-bond acceptors (Lipinski definition) is 0. The van der Waals surface area contributed by atoms with Gasteiger partial charge in [0.15, 0.2) is 0 Å². The second-order valence-electron chi connectivity index (χ2n) is 10.8. The van der Waals surface area contributed by atoms with E-state index in [1.54, 1.807) is 0 Å². The molecule has 0 N–H and O–H groups in total. The average molecular weight is 549 g/mol. The summed E-state index contributed by atoms with van der Waals surface area (Å²) >= 11 is 0. The molecule has 0 heterocycles. The second kappa shape index (κ2) is 11.4. The van der Waals surface area contributed by atoms with Gasteiger partial charge in [-0.15, -0.1) is 0 Å². The van der Waals surface area contributed by atoms with Crippen LogP contribution in [0.2, 0.25) is 0 Å². The number of hydrogen-bond donors (Lipinski definition) is 0. The lowest BCUT2D eigenvalue weighted by molar-refractivity contribution is 1.59. The Morgan fingerprint density at radius 1 is 0.488 bits per heavy atom. The number of allylic oxidation sites excluding steroid dienone is 5. The van der Waals surface area contributed by atoms with Crippen molar-refractivity contribution in [2.24, 2.45) is 0 Å². The van der Waals surface area contributed by atoms with Crippen LogP contribution in [0.5, 0.6) is 0 Å². The average Bonchev–Trinajstić information content (AvgIpc) is 3.07. The molecule has 0 saturated carbocycles. The third-order valence-corrected chi connectivity index (χ3v) is 8.36. The fourth-order valence-electron chi connectivity index (χ4n) is 6.52. The molecule has 0 atom stereocenters. The van der Waals surface area contributed by atoms with Gasteiger partial charge in [0.25, 0.3) is 0 Å². The first kappa shape index (κ1) is 26.4. The fraction of sp³-hybridized carbons (Fsp3) is 0.0233. The molecular formula is C43H32. The summed E-state index contributed by atoms with van der Waals surface area (Å²) in [6.07, 6.45) is 8.21. The molecule has 43 heavy (non-hydrogen) atoms. The van der Waals surface area contributed by atoms with Crippen molar-refractivity contribution in [3.63, 3.8) is 0 Å². The largest absolute Gasteiger partial charge is 0.0990 e. The van der Waals surface area contributed by atoms with Gasteiger partial charge in [-0.1, -0.05) is 170 Å². The standard InChI is InChI=1S/C43H32/c1-3-14-30(15-4-2)36-19-7-8-20-37(36)43-40-23-11-9-21-38(40)42(39-22-10-12-24-41(39)43)33-28-26-32(27-29-33)35-25-13-17-31-16-5-6-18-34(31)35/h3-29H,1H2,2H3/b15-4-,30-14+. The molecule has 0 bridgehead atoms. The topological polar surface area (TPSA) is 0 Å². The molecule has 0 heteroatoms. The Balaban J connectivity index is 1.48. The zero-order chi connectivity index (χ0) is 29.2. The summed E-state index contributed by atoms with van der Waals surface area (Å²) in [6.45, 7) is 6.05. The molecule has 0 spiro atoms. The van der Waals surface area contributed by atoms with E-state index in [-0.39, 0.29) is 0 Å². The molecule has 0 unspecified atom stereocenters. The number of fused-ring (bicyclic) bond motifs is 3. The lowest BCUT2D eigenvalue weighted by Crippen LogP contribution is -1.94. The molecule has 0 aliphatic heterocycles. The lowest BCUT2D eigenvalue weighted by atomic mass is 9.83. The molecule has 7 aromatic carbocycles. The summed E-state index contributed by atoms with van der Waals surface area (Å²) in [4.78, 5) is 0. The molecule has 0 amide bonds. The van der Waals surface area contributed by atoms with Crippen molar-refractivity contribution in [2.75, 3.05) is 0 Å². The van der Waals surface area contributed by atoms with E-state index in [0.717, 1.165) is 5.57 Å². The van der Waals surface area contributed by atoms with Gasteiger partial charge >= 0.3 is 0 Å². The molecule has 7 aromatic rings. The number of rotatable bonds is 6. The molecule has 0 radical (unpaired) electrons. The Hall–Kier alpha value is -5.46. The third kappa shape index (κ3) is 4.68. The van der Waals surface area contributed by atoms with Crippen LogP contribution < -0.4 is 0 Å². The Morgan fingerprint density at radius 2 is 1.00 bits per heavy atom. The van der Waals surface area contributed by atoms with Crippen LogP contribution in [0, 0.1) is 0 Å². The van der Waals surface area contributed by atoms with Crippen molar-refractivity contribution >= 4 is 37.9 Å². The van der Waals surface area contributed by atoms with E-state index in [1.807, 2.05) is 6.08 Å². The van der Waals surface area contributed by atoms with Crippen molar-refractivity contribution < 1.29 is 0 Å². The van der Waals surface area contributed by atoms with Gasteiger partial charge in [0, 0.05) is 0 Å². The molecule has 7 rings (SSSR count). The second-order valence-corrected chi connectivity index (χ2v) is 10.8. The maximum absolute atomic E-state index is 3.99. The van der Waals surface area contributed by atoms with E-state index in [2.05, 4.69) is 171 Å². The van der Waals surface area contributed by atoms with Crippen LogP contribution in [0.15, 0.2) is 170 Å². The summed E-state index contributed by atoms with van der Waals surface area (Å²) in [5.41, 5.74) is 9.80. The molecular weight excluding hydrogens is 516 g/mol. The van der Waals surface area contributed by atoms with Gasteiger partial charge in [0.05, 0.1) is 0 Å². The SMILES string of the molecule is C=C/C=C(\C=C/C)c1ccccc1-c1c2ccccc2c(-c2ccc(-c3cccc4ccccc34)cc2)c2ccccc12. The van der Waals surface area contributed by atoms with E-state index >= 15 is 0 Å². The summed E-state index contributed by atoms with van der Waals surface area (Å²) in [5, 5.41) is 7.55. The van der Waals surface area contributed by atoms with E-state index in [9.17, 15) is 0 Å². The van der Waals surface area contributed by atoms with Gasteiger partial charge in [0.2, 0.25) is 0 Å². The summed E-state index contributed by atoms with van der Waals surface area (Å²) in [5.74, 6) is 0. The van der Waals surface area contributed by atoms with Crippen LogP contribution in [-0.2, 0) is 0 Å². The minimum Gasteiger partial charge on any atom is -0.0990 e. The van der Waals surface area contributed by atoms with E-state index in [1.165, 1.54) is 71.3 Å². The summed E-state index contributed by atoms with van der Waals surface area (Å²) in [6, 6.07) is 50.7. The van der Waals surface area contributed by atoms with Crippen molar-refractivity contribution in [2.45, 2.75) is 6.92 Å². The van der Waals surface area contributed by atoms with Gasteiger partial charge in [-0.2, -0.15) is 0 Å². The van der Waals surface area contributed by atoms with Crippen LogP contribution >= 0.6 is 0 Å². The van der Waals surface area contributed by atoms with Crippen LogP contribution in [0.4, 0.5) is 0 Å². The van der Waals surface area contributed by atoms with Crippen LogP contribution in [0.1, 0.15) is 12.5 Å². The highest BCUT2D eigenvalue weighted by Crippen LogP contribution is 2.45.